The molecule has 0 spiro atoms. The molecule has 0 amide bonds. The van der Waals surface area contributed by atoms with E-state index in [0.29, 0.717) is 18.8 Å². The number of benzene rings is 1. The highest BCUT2D eigenvalue weighted by molar-refractivity contribution is 5.91. The number of aryl methyl sites for hydroxylation is 1. The third kappa shape index (κ3) is 3.55. The van der Waals surface area contributed by atoms with Crippen LogP contribution in [0.5, 0.6) is 5.75 Å². The van der Waals surface area contributed by atoms with Gasteiger partial charge in [-0.2, -0.15) is 0 Å². The number of carboxylic acid groups (broad SMARTS) is 1. The molecule has 4 nitrogen and oxygen atoms in total. The number of aromatic carboxylic acids is 1. The number of hydrogen-bond donors (Lipinski definition) is 2. The second-order valence-corrected chi connectivity index (χ2v) is 3.79. The summed E-state index contributed by atoms with van der Waals surface area (Å²) >= 11 is 0. The van der Waals surface area contributed by atoms with Gasteiger partial charge in [0.25, 0.3) is 0 Å². The van der Waals surface area contributed by atoms with Crippen LogP contribution >= 0.6 is 0 Å². The van der Waals surface area contributed by atoms with Gasteiger partial charge in [0.15, 0.2) is 0 Å². The van der Waals surface area contributed by atoms with Crippen LogP contribution in [0.3, 0.4) is 0 Å². The van der Waals surface area contributed by atoms with Crippen molar-refractivity contribution in [3.05, 3.63) is 29.3 Å². The van der Waals surface area contributed by atoms with Crippen LogP contribution in [-0.2, 0) is 0 Å². The molecule has 0 saturated heterocycles. The lowest BCUT2D eigenvalue weighted by molar-refractivity contribution is 0.0691. The fourth-order valence-corrected chi connectivity index (χ4v) is 1.28. The largest absolute Gasteiger partial charge is 0.493 e. The predicted octanol–water partition coefficient (Wildman–Crippen LogP) is 1.84. The Morgan fingerprint density at radius 3 is 2.75 bits per heavy atom. The van der Waals surface area contributed by atoms with Crippen molar-refractivity contribution >= 4 is 5.97 Å². The number of aliphatic hydroxyl groups is 1. The minimum atomic E-state index is -1.00. The molecule has 1 atom stereocenters. The van der Waals surface area contributed by atoms with Gasteiger partial charge in [0.1, 0.15) is 11.3 Å². The van der Waals surface area contributed by atoms with E-state index in [1.807, 2.05) is 6.92 Å². The van der Waals surface area contributed by atoms with Crippen molar-refractivity contribution in [2.45, 2.75) is 26.4 Å². The molecule has 16 heavy (non-hydrogen) atoms. The summed E-state index contributed by atoms with van der Waals surface area (Å²) < 4.78 is 5.32. The monoisotopic (exact) mass is 224 g/mol. The van der Waals surface area contributed by atoms with E-state index < -0.39 is 12.1 Å². The van der Waals surface area contributed by atoms with Crippen LogP contribution in [0.15, 0.2) is 18.2 Å². The van der Waals surface area contributed by atoms with Crippen LogP contribution in [0.1, 0.15) is 29.3 Å². The first-order valence-electron chi connectivity index (χ1n) is 5.15. The normalized spacial score (nSPS) is 12.2. The molecule has 0 radical (unpaired) electrons. The average molecular weight is 224 g/mol. The number of carboxylic acids is 1. The van der Waals surface area contributed by atoms with E-state index in [9.17, 15) is 4.79 Å². The fraction of sp³-hybridized carbons (Fsp3) is 0.417. The highest BCUT2D eigenvalue weighted by Crippen LogP contribution is 2.20. The van der Waals surface area contributed by atoms with E-state index in [1.54, 1.807) is 25.1 Å². The summed E-state index contributed by atoms with van der Waals surface area (Å²) in [6.45, 7) is 3.80. The third-order valence-electron chi connectivity index (χ3n) is 2.16. The number of ether oxygens (including phenoxy) is 1. The Kier molecular flexibility index (Phi) is 4.31. The van der Waals surface area contributed by atoms with Gasteiger partial charge >= 0.3 is 5.97 Å². The molecular weight excluding hydrogens is 208 g/mol. The summed E-state index contributed by atoms with van der Waals surface area (Å²) in [7, 11) is 0. The lowest BCUT2D eigenvalue weighted by Gasteiger charge is -2.10. The number of rotatable bonds is 5. The van der Waals surface area contributed by atoms with Crippen molar-refractivity contribution in [2.24, 2.45) is 0 Å². The van der Waals surface area contributed by atoms with Crippen molar-refractivity contribution < 1.29 is 19.7 Å². The second-order valence-electron chi connectivity index (χ2n) is 3.79. The summed E-state index contributed by atoms with van der Waals surface area (Å²) in [5.74, 6) is -0.658. The Balaban J connectivity index is 2.75. The molecule has 0 aliphatic heterocycles. The van der Waals surface area contributed by atoms with Crippen LogP contribution in [0, 0.1) is 6.92 Å². The molecule has 88 valence electrons. The Hall–Kier alpha value is -1.55. The molecule has 0 aliphatic carbocycles. The first-order chi connectivity index (χ1) is 7.50. The van der Waals surface area contributed by atoms with Gasteiger partial charge < -0.3 is 14.9 Å². The van der Waals surface area contributed by atoms with E-state index in [0.717, 1.165) is 5.56 Å². The van der Waals surface area contributed by atoms with Crippen molar-refractivity contribution in [1.29, 1.82) is 0 Å². The molecule has 2 N–H and O–H groups in total. The molecule has 0 saturated carbocycles. The standard InChI is InChI=1S/C12H16O4/c1-8-3-4-11(10(7-8)12(14)15)16-6-5-9(2)13/h3-4,7,9,13H,5-6H2,1-2H3,(H,14,15). The molecule has 0 aromatic heterocycles. The maximum absolute atomic E-state index is 10.9. The van der Waals surface area contributed by atoms with E-state index in [1.165, 1.54) is 0 Å². The fourth-order valence-electron chi connectivity index (χ4n) is 1.28. The Bertz CT molecular complexity index is 371. The second kappa shape index (κ2) is 5.51. The van der Waals surface area contributed by atoms with E-state index >= 15 is 0 Å². The molecule has 1 aromatic rings. The molecule has 4 heteroatoms. The topological polar surface area (TPSA) is 66.8 Å². The number of aliphatic hydroxyl groups excluding tert-OH is 1. The zero-order chi connectivity index (χ0) is 12.1. The molecule has 1 rings (SSSR count). The number of carbonyl (C=O) groups is 1. The van der Waals surface area contributed by atoms with Crippen molar-refractivity contribution in [3.8, 4) is 5.75 Å². The summed E-state index contributed by atoms with van der Waals surface area (Å²) in [5.41, 5.74) is 1.03. The minimum Gasteiger partial charge on any atom is -0.493 e. The minimum absolute atomic E-state index is 0.158. The van der Waals surface area contributed by atoms with Gasteiger partial charge in [0, 0.05) is 6.42 Å². The van der Waals surface area contributed by atoms with Crippen LogP contribution in [0.25, 0.3) is 0 Å². The first kappa shape index (κ1) is 12.5. The zero-order valence-electron chi connectivity index (χ0n) is 9.43. The molecule has 1 aromatic carbocycles. The summed E-state index contributed by atoms with van der Waals surface area (Å²) in [6.07, 6.45) is 0.0335. The van der Waals surface area contributed by atoms with Crippen LogP contribution in [0.2, 0.25) is 0 Å². The Morgan fingerprint density at radius 1 is 1.50 bits per heavy atom. The lowest BCUT2D eigenvalue weighted by Crippen LogP contribution is -2.09. The van der Waals surface area contributed by atoms with Crippen molar-refractivity contribution in [1.82, 2.24) is 0 Å². The highest BCUT2D eigenvalue weighted by atomic mass is 16.5. The Labute approximate surface area is 94.5 Å². The van der Waals surface area contributed by atoms with Gasteiger partial charge in [-0.05, 0) is 26.0 Å². The van der Waals surface area contributed by atoms with Gasteiger partial charge in [0.2, 0.25) is 0 Å². The summed E-state index contributed by atoms with van der Waals surface area (Å²) in [5, 5.41) is 18.0. The van der Waals surface area contributed by atoms with E-state index in [4.69, 9.17) is 14.9 Å². The van der Waals surface area contributed by atoms with Crippen LogP contribution in [0.4, 0.5) is 0 Å². The summed E-state index contributed by atoms with van der Waals surface area (Å²) in [6, 6.07) is 5.00. The maximum Gasteiger partial charge on any atom is 0.339 e. The quantitative estimate of drug-likeness (QED) is 0.800. The smallest absolute Gasteiger partial charge is 0.339 e. The zero-order valence-corrected chi connectivity index (χ0v) is 9.43. The van der Waals surface area contributed by atoms with Gasteiger partial charge in [-0.3, -0.25) is 0 Å². The SMILES string of the molecule is Cc1ccc(OCCC(C)O)c(C(=O)O)c1. The lowest BCUT2D eigenvalue weighted by atomic mass is 10.1. The van der Waals surface area contributed by atoms with Crippen LogP contribution in [-0.4, -0.2) is 28.9 Å². The average Bonchev–Trinajstić information content (AvgIpc) is 2.19. The summed E-state index contributed by atoms with van der Waals surface area (Å²) in [4.78, 5) is 10.9. The third-order valence-corrected chi connectivity index (χ3v) is 2.16. The Morgan fingerprint density at radius 2 is 2.19 bits per heavy atom. The molecular formula is C12H16O4. The first-order valence-corrected chi connectivity index (χ1v) is 5.15. The van der Waals surface area contributed by atoms with Gasteiger partial charge in [-0.15, -0.1) is 0 Å². The van der Waals surface area contributed by atoms with Gasteiger partial charge in [-0.25, -0.2) is 4.79 Å². The van der Waals surface area contributed by atoms with Crippen LogP contribution < -0.4 is 4.74 Å². The molecule has 1 unspecified atom stereocenters. The van der Waals surface area contributed by atoms with Crippen molar-refractivity contribution in [3.63, 3.8) is 0 Å². The van der Waals surface area contributed by atoms with Crippen molar-refractivity contribution in [2.75, 3.05) is 6.61 Å². The predicted molar refractivity (Wildman–Crippen MR) is 59.9 cm³/mol. The molecule has 0 aliphatic rings. The number of hydrogen-bond acceptors (Lipinski definition) is 3. The molecule has 0 bridgehead atoms. The van der Waals surface area contributed by atoms with Gasteiger partial charge in [0.05, 0.1) is 12.7 Å². The highest BCUT2D eigenvalue weighted by Gasteiger charge is 2.11. The van der Waals surface area contributed by atoms with E-state index in [-0.39, 0.29) is 5.56 Å². The van der Waals surface area contributed by atoms with Gasteiger partial charge in [-0.1, -0.05) is 11.6 Å². The maximum atomic E-state index is 10.9. The molecule has 0 fully saturated rings. The molecule has 0 heterocycles. The van der Waals surface area contributed by atoms with E-state index in [2.05, 4.69) is 0 Å².